The van der Waals surface area contributed by atoms with Crippen molar-refractivity contribution in [3.05, 3.63) is 54.1 Å². The van der Waals surface area contributed by atoms with Gasteiger partial charge in [0, 0.05) is 5.56 Å². The maximum absolute atomic E-state index is 12.3. The number of hydrogen-bond donors (Lipinski definition) is 2. The van der Waals surface area contributed by atoms with E-state index in [4.69, 9.17) is 14.6 Å². The molecule has 27 heavy (non-hydrogen) atoms. The molecule has 0 heterocycles. The maximum Gasteiger partial charge on any atom is 0.341 e. The molecule has 0 atom stereocenters. The fourth-order valence-corrected chi connectivity index (χ4v) is 2.94. The number of carboxylic acid groups (broad SMARTS) is 1. The first-order valence-electron chi connectivity index (χ1n) is 8.06. The largest absolute Gasteiger partial charge is 0.494 e. The smallest absolute Gasteiger partial charge is 0.341 e. The Morgan fingerprint density at radius 1 is 1.11 bits per heavy atom. The molecular weight excluding hydrogens is 372 g/mol. The molecule has 0 unspecified atom stereocenters. The van der Waals surface area contributed by atoms with Crippen LogP contribution < -0.4 is 14.3 Å². The van der Waals surface area contributed by atoms with Crippen LogP contribution in [0.1, 0.15) is 19.4 Å². The highest BCUT2D eigenvalue weighted by molar-refractivity contribution is 7.89. The van der Waals surface area contributed by atoms with Gasteiger partial charge in [-0.05, 0) is 50.2 Å². The highest BCUT2D eigenvalue weighted by Crippen LogP contribution is 2.17. The second kappa shape index (κ2) is 9.04. The van der Waals surface area contributed by atoms with Crippen LogP contribution in [0.2, 0.25) is 0 Å². The van der Waals surface area contributed by atoms with Gasteiger partial charge in [-0.25, -0.2) is 4.79 Å². The summed E-state index contributed by atoms with van der Waals surface area (Å²) in [4.78, 5) is 12.8. The Balaban J connectivity index is 2.11. The molecule has 8 nitrogen and oxygen atoms in total. The molecule has 0 bridgehead atoms. The molecule has 0 saturated carbocycles. The van der Waals surface area contributed by atoms with Crippen molar-refractivity contribution in [2.75, 3.05) is 13.2 Å². The van der Waals surface area contributed by atoms with Crippen LogP contribution in [0.5, 0.6) is 11.5 Å². The standard InChI is InChI=1S/C18H20N2O6S/c1-3-25-15-7-9-17(10-8-15)27(23,24)20-19-13(2)14-5-4-6-16(11-14)26-12-18(21)22/h4-11,20H,3,12H2,1-2H3,(H,21,22)/b19-13-. The molecule has 0 aliphatic carbocycles. The summed E-state index contributed by atoms with van der Waals surface area (Å²) >= 11 is 0. The number of nitrogens with one attached hydrogen (secondary N) is 1. The number of sulfonamides is 1. The van der Waals surface area contributed by atoms with Crippen molar-refractivity contribution in [3.63, 3.8) is 0 Å². The van der Waals surface area contributed by atoms with Gasteiger partial charge in [0.2, 0.25) is 0 Å². The second-order valence-corrected chi connectivity index (χ2v) is 7.07. The van der Waals surface area contributed by atoms with Crippen LogP contribution in [0.25, 0.3) is 0 Å². The molecule has 2 N–H and O–H groups in total. The fraction of sp³-hybridized carbons (Fsp3) is 0.222. The lowest BCUT2D eigenvalue weighted by Crippen LogP contribution is -2.20. The van der Waals surface area contributed by atoms with Crippen LogP contribution in [0.15, 0.2) is 58.5 Å². The minimum atomic E-state index is -3.83. The summed E-state index contributed by atoms with van der Waals surface area (Å²) < 4.78 is 35.0. The molecule has 0 radical (unpaired) electrons. The monoisotopic (exact) mass is 392 g/mol. The zero-order valence-electron chi connectivity index (χ0n) is 14.9. The number of hydrazone groups is 1. The zero-order chi connectivity index (χ0) is 19.9. The molecule has 0 fully saturated rings. The van der Waals surface area contributed by atoms with Crippen molar-refractivity contribution in [2.24, 2.45) is 5.10 Å². The molecule has 2 aromatic rings. The SMILES string of the molecule is CCOc1ccc(S(=O)(=O)N/N=C(/C)c2cccc(OCC(=O)O)c2)cc1. The van der Waals surface area contributed by atoms with Crippen LogP contribution in [-0.4, -0.2) is 38.4 Å². The Bertz CT molecular complexity index is 923. The van der Waals surface area contributed by atoms with Gasteiger partial charge >= 0.3 is 5.97 Å². The van der Waals surface area contributed by atoms with Gasteiger partial charge in [0.1, 0.15) is 11.5 Å². The quantitative estimate of drug-likeness (QED) is 0.500. The number of hydrogen-bond acceptors (Lipinski definition) is 6. The van der Waals surface area contributed by atoms with Gasteiger partial charge < -0.3 is 14.6 Å². The summed E-state index contributed by atoms with van der Waals surface area (Å²) in [5.41, 5.74) is 0.984. The van der Waals surface area contributed by atoms with E-state index in [0.29, 0.717) is 29.4 Å². The van der Waals surface area contributed by atoms with Crippen LogP contribution in [0.3, 0.4) is 0 Å². The molecule has 2 aromatic carbocycles. The summed E-state index contributed by atoms with van der Waals surface area (Å²) in [5, 5.41) is 12.6. The van der Waals surface area contributed by atoms with Gasteiger partial charge in [-0.2, -0.15) is 18.4 Å². The van der Waals surface area contributed by atoms with Crippen molar-refractivity contribution in [2.45, 2.75) is 18.7 Å². The average Bonchev–Trinajstić information content (AvgIpc) is 2.65. The third kappa shape index (κ3) is 6.00. The number of carboxylic acids is 1. The van der Waals surface area contributed by atoms with Gasteiger partial charge in [-0.3, -0.25) is 0 Å². The Morgan fingerprint density at radius 2 is 1.81 bits per heavy atom. The van der Waals surface area contributed by atoms with Crippen LogP contribution in [-0.2, 0) is 14.8 Å². The van der Waals surface area contributed by atoms with E-state index >= 15 is 0 Å². The van der Waals surface area contributed by atoms with Crippen LogP contribution in [0, 0.1) is 0 Å². The third-order valence-corrected chi connectivity index (χ3v) is 4.62. The first-order valence-corrected chi connectivity index (χ1v) is 9.54. The van der Waals surface area contributed by atoms with Gasteiger partial charge in [-0.1, -0.05) is 12.1 Å². The molecule has 0 aromatic heterocycles. The zero-order valence-corrected chi connectivity index (χ0v) is 15.7. The Labute approximate surface area is 157 Å². The van der Waals surface area contributed by atoms with Crippen molar-refractivity contribution >= 4 is 21.7 Å². The number of rotatable bonds is 9. The van der Waals surface area contributed by atoms with Crippen molar-refractivity contribution in [3.8, 4) is 11.5 Å². The molecule has 2 rings (SSSR count). The van der Waals surface area contributed by atoms with E-state index in [-0.39, 0.29) is 4.90 Å². The first-order chi connectivity index (χ1) is 12.8. The first kappa shape index (κ1) is 20.2. The van der Waals surface area contributed by atoms with E-state index in [1.54, 1.807) is 43.3 Å². The van der Waals surface area contributed by atoms with E-state index in [1.807, 2.05) is 6.92 Å². The highest BCUT2D eigenvalue weighted by Gasteiger charge is 2.13. The van der Waals surface area contributed by atoms with E-state index < -0.39 is 22.6 Å². The molecule has 9 heteroatoms. The van der Waals surface area contributed by atoms with E-state index in [0.717, 1.165) is 0 Å². The van der Waals surface area contributed by atoms with E-state index in [2.05, 4.69) is 9.93 Å². The molecule has 144 valence electrons. The molecule has 0 aliphatic rings. The normalized spacial score (nSPS) is 11.7. The third-order valence-electron chi connectivity index (χ3n) is 3.39. The highest BCUT2D eigenvalue weighted by atomic mass is 32.2. The average molecular weight is 392 g/mol. The number of benzene rings is 2. The predicted molar refractivity (Wildman–Crippen MR) is 99.7 cm³/mol. The van der Waals surface area contributed by atoms with Crippen LogP contribution >= 0.6 is 0 Å². The van der Waals surface area contributed by atoms with E-state index in [1.165, 1.54) is 12.1 Å². The van der Waals surface area contributed by atoms with Gasteiger partial charge in [0.25, 0.3) is 10.0 Å². The predicted octanol–water partition coefficient (Wildman–Crippen LogP) is 2.25. The Morgan fingerprint density at radius 3 is 2.44 bits per heavy atom. The number of aliphatic carboxylic acids is 1. The van der Waals surface area contributed by atoms with Gasteiger partial charge in [0.15, 0.2) is 6.61 Å². The number of ether oxygens (including phenoxy) is 2. The molecular formula is C18H20N2O6S. The number of carbonyl (C=O) groups is 1. The van der Waals surface area contributed by atoms with E-state index in [9.17, 15) is 13.2 Å². The minimum Gasteiger partial charge on any atom is -0.494 e. The summed E-state index contributed by atoms with van der Waals surface area (Å²) in [6, 6.07) is 12.5. The second-order valence-electron chi connectivity index (χ2n) is 5.41. The summed E-state index contributed by atoms with van der Waals surface area (Å²) in [6.07, 6.45) is 0. The molecule has 0 amide bonds. The lowest BCUT2D eigenvalue weighted by atomic mass is 10.1. The number of nitrogens with zero attached hydrogens (tertiary/aromatic N) is 1. The van der Waals surface area contributed by atoms with Gasteiger partial charge in [-0.15, -0.1) is 0 Å². The minimum absolute atomic E-state index is 0.0565. The molecule has 0 saturated heterocycles. The van der Waals surface area contributed by atoms with Crippen LogP contribution in [0.4, 0.5) is 0 Å². The molecule has 0 aliphatic heterocycles. The summed E-state index contributed by atoms with van der Waals surface area (Å²) in [6.45, 7) is 3.48. The Hall–Kier alpha value is -3.07. The van der Waals surface area contributed by atoms with Crippen molar-refractivity contribution < 1.29 is 27.8 Å². The summed E-state index contributed by atoms with van der Waals surface area (Å²) in [5.74, 6) is -0.165. The topological polar surface area (TPSA) is 114 Å². The molecule has 0 spiro atoms. The fourth-order valence-electron chi connectivity index (χ4n) is 2.08. The van der Waals surface area contributed by atoms with Crippen molar-refractivity contribution in [1.82, 2.24) is 4.83 Å². The van der Waals surface area contributed by atoms with Crippen molar-refractivity contribution in [1.29, 1.82) is 0 Å². The summed E-state index contributed by atoms with van der Waals surface area (Å²) in [7, 11) is -3.83. The lowest BCUT2D eigenvalue weighted by molar-refractivity contribution is -0.139. The maximum atomic E-state index is 12.3. The lowest BCUT2D eigenvalue weighted by Gasteiger charge is -2.08. The van der Waals surface area contributed by atoms with Gasteiger partial charge in [0.05, 0.1) is 17.2 Å². The Kier molecular flexibility index (Phi) is 6.78.